The fourth-order valence-corrected chi connectivity index (χ4v) is 1.60. The van der Waals surface area contributed by atoms with Gasteiger partial charge in [-0.2, -0.15) is 17.7 Å². The molecule has 0 saturated heterocycles. The average molecular weight is 287 g/mol. The van der Waals surface area contributed by atoms with Crippen molar-refractivity contribution in [2.75, 3.05) is 51.2 Å². The summed E-state index contributed by atoms with van der Waals surface area (Å²) >= 11 is 4.04. The molecule has 1 heterocycles. The smallest absolute Gasteiger partial charge is 0.268 e. The first-order valence-corrected chi connectivity index (χ1v) is 6.78. The van der Waals surface area contributed by atoms with Gasteiger partial charge in [-0.05, 0) is 0 Å². The summed E-state index contributed by atoms with van der Waals surface area (Å²) in [6, 6.07) is 1.57. The van der Waals surface area contributed by atoms with E-state index in [-0.39, 0.29) is 5.56 Å². The summed E-state index contributed by atoms with van der Waals surface area (Å²) in [4.78, 5) is 13.8. The number of ether oxygens (including phenoxy) is 2. The molecule has 0 aromatic carbocycles. The van der Waals surface area contributed by atoms with Crippen molar-refractivity contribution in [1.29, 1.82) is 0 Å². The van der Waals surface area contributed by atoms with E-state index in [0.29, 0.717) is 38.7 Å². The van der Waals surface area contributed by atoms with Gasteiger partial charge in [0, 0.05) is 32.5 Å². The fourth-order valence-electron chi connectivity index (χ4n) is 1.48. The number of rotatable bonds is 9. The molecule has 0 bridgehead atoms. The Labute approximate surface area is 118 Å². The van der Waals surface area contributed by atoms with Crippen molar-refractivity contribution in [3.8, 4) is 0 Å². The third-order valence-electron chi connectivity index (χ3n) is 2.61. The van der Waals surface area contributed by atoms with Gasteiger partial charge in [-0.3, -0.25) is 4.79 Å². The maximum absolute atomic E-state index is 11.9. The molecule has 7 heteroatoms. The second-order valence-electron chi connectivity index (χ2n) is 4.03. The maximum atomic E-state index is 11.9. The first-order valence-electron chi connectivity index (χ1n) is 6.15. The molecule has 1 rings (SSSR count). The molecule has 1 aromatic heterocycles. The summed E-state index contributed by atoms with van der Waals surface area (Å²) in [5, 5.41) is 4.13. The molecule has 0 N–H and O–H groups in total. The third kappa shape index (κ3) is 5.63. The predicted molar refractivity (Wildman–Crippen MR) is 78.3 cm³/mol. The van der Waals surface area contributed by atoms with Gasteiger partial charge in [0.1, 0.15) is 0 Å². The molecular formula is C12H21N3O3S. The minimum atomic E-state index is -0.128. The second kappa shape index (κ2) is 8.95. The number of thiol groups is 1. The highest BCUT2D eigenvalue weighted by molar-refractivity contribution is 7.80. The van der Waals surface area contributed by atoms with E-state index >= 15 is 0 Å². The molecule has 0 fully saturated rings. The van der Waals surface area contributed by atoms with Crippen LogP contribution in [-0.4, -0.2) is 56.1 Å². The molecule has 19 heavy (non-hydrogen) atoms. The summed E-state index contributed by atoms with van der Waals surface area (Å²) in [7, 11) is 3.55. The Bertz CT molecular complexity index is 425. The van der Waals surface area contributed by atoms with Gasteiger partial charge in [-0.1, -0.05) is 0 Å². The van der Waals surface area contributed by atoms with Crippen LogP contribution in [0.3, 0.4) is 0 Å². The first kappa shape index (κ1) is 16.0. The number of hydrogen-bond donors (Lipinski definition) is 1. The van der Waals surface area contributed by atoms with Crippen LogP contribution in [0.2, 0.25) is 0 Å². The van der Waals surface area contributed by atoms with Gasteiger partial charge in [0.05, 0.1) is 38.2 Å². The Morgan fingerprint density at radius 1 is 1.42 bits per heavy atom. The molecule has 0 aliphatic rings. The normalized spacial score (nSPS) is 10.7. The molecule has 0 unspecified atom stereocenters. The van der Waals surface area contributed by atoms with Crippen molar-refractivity contribution in [3.05, 3.63) is 22.6 Å². The van der Waals surface area contributed by atoms with Crippen molar-refractivity contribution in [2.45, 2.75) is 6.54 Å². The molecule has 1 aromatic rings. The van der Waals surface area contributed by atoms with Crippen LogP contribution in [0.25, 0.3) is 0 Å². The van der Waals surface area contributed by atoms with E-state index in [2.05, 4.69) is 17.7 Å². The van der Waals surface area contributed by atoms with E-state index in [1.165, 1.54) is 4.68 Å². The number of hydrogen-bond acceptors (Lipinski definition) is 6. The molecule has 0 radical (unpaired) electrons. The molecule has 0 saturated carbocycles. The molecule has 108 valence electrons. The van der Waals surface area contributed by atoms with Gasteiger partial charge in [0.2, 0.25) is 0 Å². The fraction of sp³-hybridized carbons (Fsp3) is 0.667. The number of methoxy groups -OCH3 is 1. The van der Waals surface area contributed by atoms with Gasteiger partial charge in [-0.15, -0.1) is 0 Å². The standard InChI is InChI=1S/C12H21N3O3S/c1-14(3-5-17-2)11-9-12(16)15(13-10-11)4-6-18-7-8-19/h9-10,19H,3-8H2,1-2H3. The van der Waals surface area contributed by atoms with E-state index in [1.807, 2.05) is 11.9 Å². The lowest BCUT2D eigenvalue weighted by Crippen LogP contribution is -2.28. The van der Waals surface area contributed by atoms with Crippen molar-refractivity contribution < 1.29 is 9.47 Å². The van der Waals surface area contributed by atoms with Crippen molar-refractivity contribution in [3.63, 3.8) is 0 Å². The van der Waals surface area contributed by atoms with Crippen LogP contribution >= 0.6 is 12.6 Å². The van der Waals surface area contributed by atoms with Crippen molar-refractivity contribution in [1.82, 2.24) is 9.78 Å². The first-order chi connectivity index (χ1) is 9.19. The third-order valence-corrected chi connectivity index (χ3v) is 2.79. The van der Waals surface area contributed by atoms with Gasteiger partial charge in [-0.25, -0.2) is 4.68 Å². The summed E-state index contributed by atoms with van der Waals surface area (Å²) in [5.41, 5.74) is 0.658. The second-order valence-corrected chi connectivity index (χ2v) is 4.47. The molecule has 0 aliphatic carbocycles. The highest BCUT2D eigenvalue weighted by Gasteiger charge is 2.04. The number of anilines is 1. The van der Waals surface area contributed by atoms with Crippen LogP contribution in [-0.2, 0) is 16.0 Å². The SMILES string of the molecule is COCCN(C)c1cnn(CCOCCS)c(=O)c1. The maximum Gasteiger partial charge on any atom is 0.268 e. The highest BCUT2D eigenvalue weighted by atomic mass is 32.1. The van der Waals surface area contributed by atoms with Crippen LogP contribution < -0.4 is 10.5 Å². The summed E-state index contributed by atoms with van der Waals surface area (Å²) in [6.07, 6.45) is 1.68. The molecular weight excluding hydrogens is 266 g/mol. The predicted octanol–water partition coefficient (Wildman–Crippen LogP) is 0.272. The molecule has 0 aliphatic heterocycles. The van der Waals surface area contributed by atoms with E-state index in [0.717, 1.165) is 5.69 Å². The Morgan fingerprint density at radius 2 is 2.21 bits per heavy atom. The number of nitrogens with zero attached hydrogens (tertiary/aromatic N) is 3. The van der Waals surface area contributed by atoms with Gasteiger partial charge in [0.25, 0.3) is 5.56 Å². The molecule has 6 nitrogen and oxygen atoms in total. The van der Waals surface area contributed by atoms with E-state index < -0.39 is 0 Å². The lowest BCUT2D eigenvalue weighted by molar-refractivity contribution is 0.137. The summed E-state index contributed by atoms with van der Waals surface area (Å²) in [5.74, 6) is 0.672. The Morgan fingerprint density at radius 3 is 2.84 bits per heavy atom. The zero-order chi connectivity index (χ0) is 14.1. The van der Waals surface area contributed by atoms with Crippen molar-refractivity contribution in [2.24, 2.45) is 0 Å². The zero-order valence-electron chi connectivity index (χ0n) is 11.4. The van der Waals surface area contributed by atoms with Crippen LogP contribution in [0, 0.1) is 0 Å². The molecule has 0 amide bonds. The van der Waals surface area contributed by atoms with E-state index in [1.54, 1.807) is 19.4 Å². The van der Waals surface area contributed by atoms with E-state index in [4.69, 9.17) is 9.47 Å². The zero-order valence-corrected chi connectivity index (χ0v) is 12.3. The highest BCUT2D eigenvalue weighted by Crippen LogP contribution is 2.06. The van der Waals surface area contributed by atoms with E-state index in [9.17, 15) is 4.79 Å². The minimum absolute atomic E-state index is 0.128. The van der Waals surface area contributed by atoms with Crippen LogP contribution in [0.5, 0.6) is 0 Å². The Balaban J connectivity index is 2.56. The summed E-state index contributed by atoms with van der Waals surface area (Å²) < 4.78 is 11.7. The number of likely N-dealkylation sites (N-methyl/N-ethyl adjacent to an activating group) is 1. The van der Waals surface area contributed by atoms with Gasteiger partial charge < -0.3 is 14.4 Å². The Hall–Kier alpha value is -1.05. The van der Waals surface area contributed by atoms with Crippen molar-refractivity contribution >= 4 is 18.3 Å². The van der Waals surface area contributed by atoms with Crippen LogP contribution in [0.15, 0.2) is 17.1 Å². The minimum Gasteiger partial charge on any atom is -0.383 e. The number of aromatic nitrogens is 2. The van der Waals surface area contributed by atoms with Gasteiger partial charge >= 0.3 is 0 Å². The van der Waals surface area contributed by atoms with Gasteiger partial charge in [0.15, 0.2) is 0 Å². The summed E-state index contributed by atoms with van der Waals surface area (Å²) in [6.45, 7) is 2.82. The topological polar surface area (TPSA) is 56.6 Å². The molecule has 0 atom stereocenters. The quantitative estimate of drug-likeness (QED) is 0.522. The largest absolute Gasteiger partial charge is 0.383 e. The molecule has 0 spiro atoms. The lowest BCUT2D eigenvalue weighted by atomic mass is 10.4. The average Bonchev–Trinajstić information content (AvgIpc) is 2.42. The lowest BCUT2D eigenvalue weighted by Gasteiger charge is -2.18. The van der Waals surface area contributed by atoms with Crippen LogP contribution in [0.4, 0.5) is 5.69 Å². The monoisotopic (exact) mass is 287 g/mol. The Kier molecular flexibility index (Phi) is 7.54. The van der Waals surface area contributed by atoms with Crippen LogP contribution in [0.1, 0.15) is 0 Å².